The molecule has 0 radical (unpaired) electrons. The first-order chi connectivity index (χ1) is 10.0. The molecule has 0 atom stereocenters. The molecule has 1 saturated heterocycles. The second-order valence-corrected chi connectivity index (χ2v) is 6.09. The molecule has 1 aliphatic rings. The van der Waals surface area contributed by atoms with Crippen molar-refractivity contribution in [2.24, 2.45) is 0 Å². The number of rotatable bonds is 5. The zero-order valence-electron chi connectivity index (χ0n) is 13.1. The fourth-order valence-electron chi connectivity index (χ4n) is 2.60. The maximum Gasteiger partial charge on any atom is 0.236 e. The SMILES string of the molecule is Cc1ccc(CCN(C)CC(=O)N2CCC(O)CC2)cc1. The van der Waals surface area contributed by atoms with Crippen LogP contribution in [-0.2, 0) is 11.2 Å². The van der Waals surface area contributed by atoms with Crippen molar-refractivity contribution in [1.82, 2.24) is 9.80 Å². The maximum atomic E-state index is 12.2. The Morgan fingerprint density at radius 2 is 1.90 bits per heavy atom. The predicted molar refractivity (Wildman–Crippen MR) is 84.2 cm³/mol. The van der Waals surface area contributed by atoms with Gasteiger partial charge in [-0.2, -0.15) is 0 Å². The lowest BCUT2D eigenvalue weighted by atomic mass is 10.1. The number of hydrogen-bond acceptors (Lipinski definition) is 3. The van der Waals surface area contributed by atoms with Crippen LogP contribution in [0.4, 0.5) is 0 Å². The summed E-state index contributed by atoms with van der Waals surface area (Å²) in [5, 5.41) is 9.47. The van der Waals surface area contributed by atoms with E-state index >= 15 is 0 Å². The number of likely N-dealkylation sites (N-methyl/N-ethyl adjacent to an activating group) is 1. The lowest BCUT2D eigenvalue weighted by molar-refractivity contribution is -0.134. The molecule has 1 aromatic rings. The summed E-state index contributed by atoms with van der Waals surface area (Å²) in [5.74, 6) is 0.174. The molecule has 4 nitrogen and oxygen atoms in total. The van der Waals surface area contributed by atoms with Gasteiger partial charge in [-0.3, -0.25) is 9.69 Å². The number of nitrogens with zero attached hydrogens (tertiary/aromatic N) is 2. The molecule has 0 spiro atoms. The van der Waals surface area contributed by atoms with E-state index < -0.39 is 0 Å². The number of likely N-dealkylation sites (tertiary alicyclic amines) is 1. The van der Waals surface area contributed by atoms with Crippen molar-refractivity contribution in [2.75, 3.05) is 33.2 Å². The Morgan fingerprint density at radius 1 is 1.29 bits per heavy atom. The summed E-state index contributed by atoms with van der Waals surface area (Å²) in [7, 11) is 1.99. The number of aliphatic hydroxyl groups is 1. The van der Waals surface area contributed by atoms with Gasteiger partial charge in [-0.05, 0) is 38.8 Å². The fourth-order valence-corrected chi connectivity index (χ4v) is 2.60. The molecule has 4 heteroatoms. The van der Waals surface area contributed by atoms with Gasteiger partial charge in [0.25, 0.3) is 0 Å². The molecule has 21 heavy (non-hydrogen) atoms. The Bertz CT molecular complexity index is 450. The normalized spacial score (nSPS) is 16.5. The quantitative estimate of drug-likeness (QED) is 0.893. The summed E-state index contributed by atoms with van der Waals surface area (Å²) in [6, 6.07) is 8.55. The monoisotopic (exact) mass is 290 g/mol. The van der Waals surface area contributed by atoms with Gasteiger partial charge in [-0.1, -0.05) is 29.8 Å². The van der Waals surface area contributed by atoms with Gasteiger partial charge in [0.2, 0.25) is 5.91 Å². The molecular weight excluding hydrogens is 264 g/mol. The van der Waals surface area contributed by atoms with E-state index in [0.717, 1.165) is 13.0 Å². The highest BCUT2D eigenvalue weighted by Gasteiger charge is 2.21. The fraction of sp³-hybridized carbons (Fsp3) is 0.588. The van der Waals surface area contributed by atoms with Gasteiger partial charge in [-0.15, -0.1) is 0 Å². The number of aliphatic hydroxyl groups excluding tert-OH is 1. The van der Waals surface area contributed by atoms with Crippen molar-refractivity contribution in [1.29, 1.82) is 0 Å². The van der Waals surface area contributed by atoms with Gasteiger partial charge in [0.15, 0.2) is 0 Å². The summed E-state index contributed by atoms with van der Waals surface area (Å²) in [4.78, 5) is 16.1. The number of carbonyl (C=O) groups excluding carboxylic acids is 1. The van der Waals surface area contributed by atoms with Gasteiger partial charge in [0, 0.05) is 19.6 Å². The molecule has 1 heterocycles. The molecule has 1 aliphatic heterocycles. The van der Waals surface area contributed by atoms with E-state index in [1.54, 1.807) is 0 Å². The predicted octanol–water partition coefficient (Wildman–Crippen LogP) is 1.45. The molecule has 116 valence electrons. The van der Waals surface area contributed by atoms with Gasteiger partial charge >= 0.3 is 0 Å². The van der Waals surface area contributed by atoms with Gasteiger partial charge in [0.05, 0.1) is 12.6 Å². The van der Waals surface area contributed by atoms with E-state index in [1.807, 2.05) is 11.9 Å². The summed E-state index contributed by atoms with van der Waals surface area (Å²) in [6.45, 7) is 4.80. The number of hydrogen-bond donors (Lipinski definition) is 1. The molecule has 0 aromatic heterocycles. The molecular formula is C17H26N2O2. The molecule has 1 fully saturated rings. The number of carbonyl (C=O) groups is 1. The van der Waals surface area contributed by atoms with E-state index in [9.17, 15) is 9.90 Å². The molecule has 1 amide bonds. The summed E-state index contributed by atoms with van der Waals surface area (Å²) >= 11 is 0. The third-order valence-electron chi connectivity index (χ3n) is 4.13. The van der Waals surface area contributed by atoms with Crippen LogP contribution in [0.3, 0.4) is 0 Å². The van der Waals surface area contributed by atoms with Crippen LogP contribution in [0, 0.1) is 6.92 Å². The number of aryl methyl sites for hydroxylation is 1. The van der Waals surface area contributed by atoms with E-state index in [4.69, 9.17) is 0 Å². The molecule has 1 N–H and O–H groups in total. The average molecular weight is 290 g/mol. The van der Waals surface area contributed by atoms with Gasteiger partial charge in [-0.25, -0.2) is 0 Å². The first-order valence-corrected chi connectivity index (χ1v) is 7.74. The molecule has 1 aromatic carbocycles. The lowest BCUT2D eigenvalue weighted by Gasteiger charge is -2.31. The van der Waals surface area contributed by atoms with Gasteiger partial charge < -0.3 is 10.0 Å². The zero-order valence-corrected chi connectivity index (χ0v) is 13.1. The second kappa shape index (κ2) is 7.57. The van der Waals surface area contributed by atoms with Crippen LogP contribution in [-0.4, -0.2) is 60.1 Å². The maximum absolute atomic E-state index is 12.2. The molecule has 0 unspecified atom stereocenters. The van der Waals surface area contributed by atoms with Crippen molar-refractivity contribution in [3.05, 3.63) is 35.4 Å². The topological polar surface area (TPSA) is 43.8 Å². The third-order valence-corrected chi connectivity index (χ3v) is 4.13. The van der Waals surface area contributed by atoms with Crippen molar-refractivity contribution < 1.29 is 9.90 Å². The summed E-state index contributed by atoms with van der Waals surface area (Å²) in [6.07, 6.45) is 2.15. The number of amides is 1. The Morgan fingerprint density at radius 3 is 2.52 bits per heavy atom. The molecule has 0 aliphatic carbocycles. The van der Waals surface area contributed by atoms with E-state index in [-0.39, 0.29) is 12.0 Å². The van der Waals surface area contributed by atoms with Crippen LogP contribution < -0.4 is 0 Å². The molecule has 0 bridgehead atoms. The third kappa shape index (κ3) is 5.14. The van der Waals surface area contributed by atoms with E-state index in [2.05, 4.69) is 36.1 Å². The van der Waals surface area contributed by atoms with Crippen molar-refractivity contribution in [3.63, 3.8) is 0 Å². The summed E-state index contributed by atoms with van der Waals surface area (Å²) in [5.41, 5.74) is 2.58. The minimum atomic E-state index is -0.228. The van der Waals surface area contributed by atoms with Crippen molar-refractivity contribution in [2.45, 2.75) is 32.3 Å². The molecule has 2 rings (SSSR count). The van der Waals surface area contributed by atoms with Crippen LogP contribution in [0.25, 0.3) is 0 Å². The lowest BCUT2D eigenvalue weighted by Crippen LogP contribution is -2.44. The number of benzene rings is 1. The Balaban J connectivity index is 1.72. The van der Waals surface area contributed by atoms with Crippen LogP contribution in [0.15, 0.2) is 24.3 Å². The number of piperidine rings is 1. The summed E-state index contributed by atoms with van der Waals surface area (Å²) < 4.78 is 0. The highest BCUT2D eigenvalue weighted by Crippen LogP contribution is 2.10. The smallest absolute Gasteiger partial charge is 0.236 e. The van der Waals surface area contributed by atoms with Crippen LogP contribution in [0.5, 0.6) is 0 Å². The largest absolute Gasteiger partial charge is 0.393 e. The van der Waals surface area contributed by atoms with Crippen LogP contribution >= 0.6 is 0 Å². The highest BCUT2D eigenvalue weighted by atomic mass is 16.3. The highest BCUT2D eigenvalue weighted by molar-refractivity contribution is 5.78. The first-order valence-electron chi connectivity index (χ1n) is 7.74. The Hall–Kier alpha value is -1.39. The minimum absolute atomic E-state index is 0.174. The van der Waals surface area contributed by atoms with Crippen LogP contribution in [0.1, 0.15) is 24.0 Å². The van der Waals surface area contributed by atoms with Crippen molar-refractivity contribution in [3.8, 4) is 0 Å². The van der Waals surface area contributed by atoms with Crippen molar-refractivity contribution >= 4 is 5.91 Å². The Kier molecular flexibility index (Phi) is 5.76. The average Bonchev–Trinajstić information content (AvgIpc) is 2.47. The van der Waals surface area contributed by atoms with Crippen LogP contribution in [0.2, 0.25) is 0 Å². The standard InChI is InChI=1S/C17H26N2O2/c1-14-3-5-15(6-4-14)7-10-18(2)13-17(21)19-11-8-16(20)9-12-19/h3-6,16,20H,7-13H2,1-2H3. The Labute approximate surface area is 127 Å². The van der Waals surface area contributed by atoms with Gasteiger partial charge in [0.1, 0.15) is 0 Å². The second-order valence-electron chi connectivity index (χ2n) is 6.09. The minimum Gasteiger partial charge on any atom is -0.393 e. The zero-order chi connectivity index (χ0) is 15.2. The van der Waals surface area contributed by atoms with E-state index in [1.165, 1.54) is 11.1 Å². The molecule has 0 saturated carbocycles. The first kappa shape index (κ1) is 16.0. The van der Waals surface area contributed by atoms with E-state index in [0.29, 0.717) is 32.5 Å².